The van der Waals surface area contributed by atoms with Crippen LogP contribution in [0.4, 0.5) is 10.1 Å². The van der Waals surface area contributed by atoms with Gasteiger partial charge in [0.1, 0.15) is 17.4 Å². The molecule has 1 aromatic heterocycles. The molecule has 7 heteroatoms. The SMILES string of the molecule is Cl.N#Cc1c(NC2CNC2)c2ccc(Cc3ccc(F)cc3)cc2[nH]c1=O. The largest absolute Gasteiger partial charge is 0.378 e. The molecule has 0 atom stereocenters. The van der Waals surface area contributed by atoms with Crippen LogP contribution in [0.15, 0.2) is 47.3 Å². The predicted molar refractivity (Wildman–Crippen MR) is 106 cm³/mol. The van der Waals surface area contributed by atoms with E-state index in [1.807, 2.05) is 24.3 Å². The third kappa shape index (κ3) is 3.80. The summed E-state index contributed by atoms with van der Waals surface area (Å²) >= 11 is 0. The highest BCUT2D eigenvalue weighted by molar-refractivity contribution is 5.94. The van der Waals surface area contributed by atoms with E-state index in [-0.39, 0.29) is 29.8 Å². The van der Waals surface area contributed by atoms with Gasteiger partial charge in [-0.2, -0.15) is 5.26 Å². The molecule has 0 amide bonds. The third-order valence-corrected chi connectivity index (χ3v) is 4.64. The van der Waals surface area contributed by atoms with E-state index >= 15 is 0 Å². The van der Waals surface area contributed by atoms with Crippen molar-refractivity contribution in [2.24, 2.45) is 0 Å². The minimum atomic E-state index is -0.395. The van der Waals surface area contributed by atoms with Gasteiger partial charge in [-0.25, -0.2) is 4.39 Å². The summed E-state index contributed by atoms with van der Waals surface area (Å²) in [6.07, 6.45) is 0.632. The Morgan fingerprint density at radius 1 is 1.15 bits per heavy atom. The number of aromatic nitrogens is 1. The zero-order chi connectivity index (χ0) is 18.1. The van der Waals surface area contributed by atoms with Gasteiger partial charge in [-0.1, -0.05) is 24.3 Å². The third-order valence-electron chi connectivity index (χ3n) is 4.64. The fraction of sp³-hybridized carbons (Fsp3) is 0.200. The topological polar surface area (TPSA) is 80.7 Å². The van der Waals surface area contributed by atoms with Gasteiger partial charge < -0.3 is 15.6 Å². The van der Waals surface area contributed by atoms with E-state index in [2.05, 4.69) is 15.6 Å². The van der Waals surface area contributed by atoms with Crippen LogP contribution in [0.5, 0.6) is 0 Å². The maximum absolute atomic E-state index is 13.1. The van der Waals surface area contributed by atoms with Gasteiger partial charge in [0, 0.05) is 18.5 Å². The number of rotatable bonds is 4. The van der Waals surface area contributed by atoms with E-state index in [1.54, 1.807) is 12.1 Å². The Hall–Kier alpha value is -2.88. The lowest BCUT2D eigenvalue weighted by molar-refractivity contribution is 0.472. The Morgan fingerprint density at radius 2 is 1.85 bits per heavy atom. The smallest absolute Gasteiger partial charge is 0.268 e. The first-order chi connectivity index (χ1) is 12.6. The molecular formula is C20H18ClFN4O. The van der Waals surface area contributed by atoms with Gasteiger partial charge in [0.15, 0.2) is 0 Å². The predicted octanol–water partition coefficient (Wildman–Crippen LogP) is 2.94. The molecule has 2 aromatic carbocycles. The number of aromatic amines is 1. The Labute approximate surface area is 161 Å². The van der Waals surface area contributed by atoms with E-state index in [0.717, 1.165) is 29.6 Å². The van der Waals surface area contributed by atoms with Crippen molar-refractivity contribution >= 4 is 29.0 Å². The Morgan fingerprint density at radius 3 is 2.48 bits per heavy atom. The molecular weight excluding hydrogens is 367 g/mol. The van der Waals surface area contributed by atoms with Crippen LogP contribution in [0.3, 0.4) is 0 Å². The number of H-pyrrole nitrogens is 1. The molecule has 1 fully saturated rings. The van der Waals surface area contributed by atoms with Crippen molar-refractivity contribution in [1.29, 1.82) is 5.26 Å². The molecule has 5 nitrogen and oxygen atoms in total. The minimum absolute atomic E-state index is 0. The molecule has 4 rings (SSSR count). The highest BCUT2D eigenvalue weighted by Crippen LogP contribution is 2.26. The summed E-state index contributed by atoms with van der Waals surface area (Å²) in [6.45, 7) is 1.61. The summed E-state index contributed by atoms with van der Waals surface area (Å²) < 4.78 is 13.1. The maximum Gasteiger partial charge on any atom is 0.268 e. The van der Waals surface area contributed by atoms with E-state index in [0.29, 0.717) is 17.6 Å². The molecule has 3 N–H and O–H groups in total. The number of halogens is 2. The van der Waals surface area contributed by atoms with Crippen LogP contribution in [-0.2, 0) is 6.42 Å². The number of nitrogens with zero attached hydrogens (tertiary/aromatic N) is 1. The molecule has 0 aliphatic carbocycles. The summed E-state index contributed by atoms with van der Waals surface area (Å²) in [5, 5.41) is 16.7. The monoisotopic (exact) mass is 384 g/mol. The second-order valence-corrected chi connectivity index (χ2v) is 6.50. The van der Waals surface area contributed by atoms with Crippen molar-refractivity contribution in [3.05, 3.63) is 75.3 Å². The standard InChI is InChI=1S/C20H17FN4O.ClH/c21-14-4-1-12(2-5-14)7-13-3-6-16-18(8-13)25-20(26)17(9-22)19(16)24-15-10-23-11-15;/h1-6,8,15,23H,7,10-11H2,(H2,24,25,26);1H. The zero-order valence-corrected chi connectivity index (χ0v) is 15.2. The van der Waals surface area contributed by atoms with Crippen molar-refractivity contribution in [1.82, 2.24) is 10.3 Å². The summed E-state index contributed by atoms with van der Waals surface area (Å²) in [6, 6.07) is 14.4. The number of benzene rings is 2. The van der Waals surface area contributed by atoms with Gasteiger partial charge in [0.05, 0.1) is 17.2 Å². The van der Waals surface area contributed by atoms with Crippen LogP contribution < -0.4 is 16.2 Å². The van der Waals surface area contributed by atoms with Crippen LogP contribution in [0.25, 0.3) is 10.9 Å². The number of nitrogens with one attached hydrogen (secondary N) is 3. The number of anilines is 1. The first kappa shape index (κ1) is 18.9. The average molecular weight is 385 g/mol. The normalized spacial score (nSPS) is 13.5. The van der Waals surface area contributed by atoms with Crippen molar-refractivity contribution < 1.29 is 4.39 Å². The molecule has 0 spiro atoms. The Bertz CT molecular complexity index is 1070. The molecule has 0 unspecified atom stereocenters. The Balaban J connectivity index is 0.00000210. The molecule has 3 aromatic rings. The number of hydrogen-bond acceptors (Lipinski definition) is 4. The lowest BCUT2D eigenvalue weighted by Crippen LogP contribution is -2.51. The first-order valence-corrected chi connectivity index (χ1v) is 8.45. The van der Waals surface area contributed by atoms with Gasteiger partial charge in [0.2, 0.25) is 0 Å². The second-order valence-electron chi connectivity index (χ2n) is 6.50. The van der Waals surface area contributed by atoms with Crippen molar-refractivity contribution in [3.63, 3.8) is 0 Å². The van der Waals surface area contributed by atoms with Crippen molar-refractivity contribution in [2.75, 3.05) is 18.4 Å². The lowest BCUT2D eigenvalue weighted by Gasteiger charge is -2.29. The van der Waals surface area contributed by atoms with Crippen LogP contribution in [0.2, 0.25) is 0 Å². The number of pyridine rings is 1. The zero-order valence-electron chi connectivity index (χ0n) is 14.4. The maximum atomic E-state index is 13.1. The average Bonchev–Trinajstić information content (AvgIpc) is 2.59. The fourth-order valence-corrected chi connectivity index (χ4v) is 3.15. The van der Waals surface area contributed by atoms with Crippen LogP contribution >= 0.6 is 12.4 Å². The molecule has 0 saturated carbocycles. The number of fused-ring (bicyclic) bond motifs is 1. The molecule has 138 valence electrons. The van der Waals surface area contributed by atoms with Crippen LogP contribution in [-0.4, -0.2) is 24.1 Å². The van der Waals surface area contributed by atoms with Gasteiger partial charge in [-0.05, 0) is 35.7 Å². The number of hydrogen-bond donors (Lipinski definition) is 3. The van der Waals surface area contributed by atoms with Crippen molar-refractivity contribution in [2.45, 2.75) is 12.5 Å². The molecule has 0 radical (unpaired) electrons. The lowest BCUT2D eigenvalue weighted by atomic mass is 10.0. The van der Waals surface area contributed by atoms with Gasteiger partial charge in [-0.15, -0.1) is 12.4 Å². The fourth-order valence-electron chi connectivity index (χ4n) is 3.15. The van der Waals surface area contributed by atoms with Gasteiger partial charge in [-0.3, -0.25) is 4.79 Å². The molecule has 0 bridgehead atoms. The molecule has 2 heterocycles. The molecule has 1 aliphatic rings. The van der Waals surface area contributed by atoms with Gasteiger partial charge in [0.25, 0.3) is 5.56 Å². The first-order valence-electron chi connectivity index (χ1n) is 8.45. The number of nitriles is 1. The second kappa shape index (κ2) is 7.78. The van der Waals surface area contributed by atoms with E-state index in [9.17, 15) is 14.4 Å². The molecule has 27 heavy (non-hydrogen) atoms. The van der Waals surface area contributed by atoms with E-state index < -0.39 is 5.56 Å². The molecule has 1 aliphatic heterocycles. The van der Waals surface area contributed by atoms with Crippen LogP contribution in [0.1, 0.15) is 16.7 Å². The quantitative estimate of drug-likeness (QED) is 0.646. The summed E-state index contributed by atoms with van der Waals surface area (Å²) in [4.78, 5) is 15.1. The summed E-state index contributed by atoms with van der Waals surface area (Å²) in [5.74, 6) is -0.262. The van der Waals surface area contributed by atoms with Crippen molar-refractivity contribution in [3.8, 4) is 6.07 Å². The van der Waals surface area contributed by atoms with Gasteiger partial charge >= 0.3 is 0 Å². The van der Waals surface area contributed by atoms with E-state index in [1.165, 1.54) is 12.1 Å². The van der Waals surface area contributed by atoms with E-state index in [4.69, 9.17) is 0 Å². The highest BCUT2D eigenvalue weighted by atomic mass is 35.5. The highest BCUT2D eigenvalue weighted by Gasteiger charge is 2.20. The molecule has 1 saturated heterocycles. The minimum Gasteiger partial charge on any atom is -0.378 e. The Kier molecular flexibility index (Phi) is 5.45. The summed E-state index contributed by atoms with van der Waals surface area (Å²) in [7, 11) is 0. The van der Waals surface area contributed by atoms with Crippen LogP contribution in [0, 0.1) is 17.1 Å². The summed E-state index contributed by atoms with van der Waals surface area (Å²) in [5.41, 5.74) is 2.97.